The number of rotatable bonds is 6. The van der Waals surface area contributed by atoms with Crippen molar-refractivity contribution in [1.29, 1.82) is 0 Å². The van der Waals surface area contributed by atoms with Crippen molar-refractivity contribution < 1.29 is 13.9 Å². The number of ether oxygens (including phenoxy) is 1. The van der Waals surface area contributed by atoms with Crippen LogP contribution >= 0.6 is 0 Å². The van der Waals surface area contributed by atoms with E-state index in [0.717, 1.165) is 18.5 Å². The first-order chi connectivity index (χ1) is 13.3. The molecule has 1 saturated heterocycles. The lowest BCUT2D eigenvalue weighted by atomic mass is 9.92. The SMILES string of the molecule is O=CN1CCNCC1(COc1cccnc1)c1coc(-c2ccccc2)n1. The summed E-state index contributed by atoms with van der Waals surface area (Å²) in [5.41, 5.74) is 0.782. The van der Waals surface area contributed by atoms with Gasteiger partial charge >= 0.3 is 0 Å². The molecule has 3 aromatic rings. The van der Waals surface area contributed by atoms with E-state index < -0.39 is 5.54 Å². The van der Waals surface area contributed by atoms with Gasteiger partial charge < -0.3 is 19.4 Å². The van der Waals surface area contributed by atoms with Crippen LogP contribution in [0.2, 0.25) is 0 Å². The fourth-order valence-electron chi connectivity index (χ4n) is 3.25. The van der Waals surface area contributed by atoms with Crippen LogP contribution in [0.1, 0.15) is 5.69 Å². The topological polar surface area (TPSA) is 80.5 Å². The van der Waals surface area contributed by atoms with Crippen molar-refractivity contribution in [1.82, 2.24) is 20.2 Å². The highest BCUT2D eigenvalue weighted by atomic mass is 16.5. The first-order valence-corrected chi connectivity index (χ1v) is 8.79. The van der Waals surface area contributed by atoms with Crippen LogP contribution in [0.5, 0.6) is 5.75 Å². The summed E-state index contributed by atoms with van der Waals surface area (Å²) in [4.78, 5) is 22.3. The molecule has 7 heteroatoms. The molecular weight excluding hydrogens is 344 g/mol. The van der Waals surface area contributed by atoms with Crippen LogP contribution in [-0.4, -0.2) is 47.5 Å². The molecule has 1 fully saturated rings. The molecule has 27 heavy (non-hydrogen) atoms. The fraction of sp³-hybridized carbons (Fsp3) is 0.250. The van der Waals surface area contributed by atoms with E-state index in [1.54, 1.807) is 23.6 Å². The molecule has 1 amide bonds. The zero-order chi connectivity index (χ0) is 18.5. The molecule has 0 saturated carbocycles. The standard InChI is InChI=1S/C20H20N4O3/c25-15-24-10-9-22-13-20(24,14-27-17-7-4-8-21-11-17)18-12-26-19(23-18)16-5-2-1-3-6-16/h1-8,11-12,15,22H,9-10,13-14H2. The van der Waals surface area contributed by atoms with E-state index in [2.05, 4.69) is 15.3 Å². The van der Waals surface area contributed by atoms with Gasteiger partial charge in [0.15, 0.2) is 0 Å². The Morgan fingerprint density at radius 2 is 2.15 bits per heavy atom. The van der Waals surface area contributed by atoms with Crippen LogP contribution in [0.3, 0.4) is 0 Å². The highest BCUT2D eigenvalue weighted by molar-refractivity contribution is 5.54. The first kappa shape index (κ1) is 17.2. The summed E-state index contributed by atoms with van der Waals surface area (Å²) in [5, 5.41) is 3.35. The van der Waals surface area contributed by atoms with Crippen molar-refractivity contribution in [3.63, 3.8) is 0 Å². The summed E-state index contributed by atoms with van der Waals surface area (Å²) in [5.74, 6) is 1.16. The molecule has 1 atom stereocenters. The number of piperazine rings is 1. The third-order valence-corrected chi connectivity index (χ3v) is 4.74. The van der Waals surface area contributed by atoms with Crippen molar-refractivity contribution in [2.75, 3.05) is 26.2 Å². The molecule has 2 aromatic heterocycles. The third kappa shape index (κ3) is 3.41. The molecule has 138 valence electrons. The van der Waals surface area contributed by atoms with Gasteiger partial charge in [0.25, 0.3) is 0 Å². The molecule has 1 unspecified atom stereocenters. The Kier molecular flexibility index (Phi) is 4.84. The Hall–Kier alpha value is -3.19. The molecule has 0 spiro atoms. The summed E-state index contributed by atoms with van der Waals surface area (Å²) < 4.78 is 11.7. The monoisotopic (exact) mass is 364 g/mol. The number of pyridine rings is 1. The molecule has 0 aliphatic carbocycles. The van der Waals surface area contributed by atoms with Gasteiger partial charge in [0.2, 0.25) is 12.3 Å². The number of amides is 1. The first-order valence-electron chi connectivity index (χ1n) is 8.79. The molecule has 0 bridgehead atoms. The maximum Gasteiger partial charge on any atom is 0.226 e. The van der Waals surface area contributed by atoms with Crippen LogP contribution in [0, 0.1) is 0 Å². The minimum atomic E-state index is -0.758. The molecule has 1 N–H and O–H groups in total. The van der Waals surface area contributed by atoms with E-state index in [1.165, 1.54) is 0 Å². The van der Waals surface area contributed by atoms with E-state index in [0.29, 0.717) is 30.4 Å². The predicted molar refractivity (Wildman–Crippen MR) is 99.0 cm³/mol. The molecule has 0 radical (unpaired) electrons. The second-order valence-electron chi connectivity index (χ2n) is 6.39. The smallest absolute Gasteiger partial charge is 0.226 e. The summed E-state index contributed by atoms with van der Waals surface area (Å²) in [6.07, 6.45) is 5.79. The molecule has 4 rings (SSSR count). The number of carbonyl (C=O) groups excluding carboxylic acids is 1. The molecule has 1 aliphatic heterocycles. The maximum absolute atomic E-state index is 11.8. The van der Waals surface area contributed by atoms with Crippen molar-refractivity contribution in [3.05, 3.63) is 66.8 Å². The highest BCUT2D eigenvalue weighted by Crippen LogP contribution is 2.31. The average molecular weight is 364 g/mol. The summed E-state index contributed by atoms with van der Waals surface area (Å²) in [6.45, 7) is 2.04. The number of aromatic nitrogens is 2. The van der Waals surface area contributed by atoms with E-state index in [4.69, 9.17) is 9.15 Å². The Bertz CT molecular complexity index is 885. The summed E-state index contributed by atoms with van der Waals surface area (Å²) >= 11 is 0. The Morgan fingerprint density at radius 1 is 1.26 bits per heavy atom. The van der Waals surface area contributed by atoms with Gasteiger partial charge in [0.1, 0.15) is 29.9 Å². The van der Waals surface area contributed by atoms with Gasteiger partial charge in [-0.05, 0) is 24.3 Å². The Morgan fingerprint density at radius 3 is 2.93 bits per heavy atom. The number of hydrogen-bond acceptors (Lipinski definition) is 6. The van der Waals surface area contributed by atoms with Crippen LogP contribution in [-0.2, 0) is 10.3 Å². The van der Waals surface area contributed by atoms with Gasteiger partial charge in [0.05, 0.1) is 6.20 Å². The van der Waals surface area contributed by atoms with Crippen LogP contribution in [0.25, 0.3) is 11.5 Å². The van der Waals surface area contributed by atoms with Gasteiger partial charge in [-0.25, -0.2) is 4.98 Å². The van der Waals surface area contributed by atoms with Crippen LogP contribution in [0.4, 0.5) is 0 Å². The minimum absolute atomic E-state index is 0.241. The normalized spacial score (nSPS) is 19.6. The van der Waals surface area contributed by atoms with Crippen molar-refractivity contribution in [2.24, 2.45) is 0 Å². The summed E-state index contributed by atoms with van der Waals surface area (Å²) in [7, 11) is 0. The van der Waals surface area contributed by atoms with E-state index in [9.17, 15) is 4.79 Å². The van der Waals surface area contributed by atoms with E-state index >= 15 is 0 Å². The minimum Gasteiger partial charge on any atom is -0.489 e. The lowest BCUT2D eigenvalue weighted by Gasteiger charge is -2.43. The van der Waals surface area contributed by atoms with Gasteiger partial charge in [-0.2, -0.15) is 0 Å². The van der Waals surface area contributed by atoms with E-state index in [-0.39, 0.29) is 6.61 Å². The van der Waals surface area contributed by atoms with Crippen molar-refractivity contribution in [2.45, 2.75) is 5.54 Å². The zero-order valence-corrected chi connectivity index (χ0v) is 14.7. The van der Waals surface area contributed by atoms with Crippen LogP contribution in [0.15, 0.2) is 65.5 Å². The number of benzene rings is 1. The number of carbonyl (C=O) groups is 1. The Labute approximate surface area is 157 Å². The van der Waals surface area contributed by atoms with Crippen LogP contribution < -0.4 is 10.1 Å². The molecule has 3 heterocycles. The fourth-order valence-corrected chi connectivity index (χ4v) is 3.25. The zero-order valence-electron chi connectivity index (χ0n) is 14.7. The number of hydrogen-bond donors (Lipinski definition) is 1. The van der Waals surface area contributed by atoms with Gasteiger partial charge in [0, 0.05) is 31.4 Å². The largest absolute Gasteiger partial charge is 0.489 e. The molecule has 1 aromatic carbocycles. The number of nitrogens with one attached hydrogen (secondary N) is 1. The second-order valence-corrected chi connectivity index (χ2v) is 6.39. The lowest BCUT2D eigenvalue weighted by molar-refractivity contribution is -0.127. The van der Waals surface area contributed by atoms with Gasteiger partial charge in [-0.3, -0.25) is 9.78 Å². The average Bonchev–Trinajstić information content (AvgIpc) is 3.25. The lowest BCUT2D eigenvalue weighted by Crippen LogP contribution is -2.61. The predicted octanol–water partition coefficient (Wildman–Crippen LogP) is 2.07. The quantitative estimate of drug-likeness (QED) is 0.675. The van der Waals surface area contributed by atoms with Crippen molar-refractivity contribution in [3.8, 4) is 17.2 Å². The molecule has 1 aliphatic rings. The number of oxazole rings is 1. The highest BCUT2D eigenvalue weighted by Gasteiger charge is 2.44. The second kappa shape index (κ2) is 7.59. The number of nitrogens with zero attached hydrogens (tertiary/aromatic N) is 3. The van der Waals surface area contributed by atoms with Crippen molar-refractivity contribution >= 4 is 6.41 Å². The Balaban J connectivity index is 1.67. The summed E-state index contributed by atoms with van der Waals surface area (Å²) in [6, 6.07) is 13.3. The van der Waals surface area contributed by atoms with Gasteiger partial charge in [-0.15, -0.1) is 0 Å². The third-order valence-electron chi connectivity index (χ3n) is 4.74. The van der Waals surface area contributed by atoms with E-state index in [1.807, 2.05) is 42.5 Å². The molecular formula is C20H20N4O3. The molecule has 7 nitrogen and oxygen atoms in total. The van der Waals surface area contributed by atoms with Gasteiger partial charge in [-0.1, -0.05) is 18.2 Å². The maximum atomic E-state index is 11.8.